The van der Waals surface area contributed by atoms with E-state index in [1.165, 1.54) is 12.1 Å². The number of aromatic nitrogens is 1. The average Bonchev–Trinajstić information content (AvgIpc) is 2.57. The van der Waals surface area contributed by atoms with Crippen LogP contribution in [0.5, 0.6) is 0 Å². The quantitative estimate of drug-likeness (QED) is 0.853. The van der Waals surface area contributed by atoms with Gasteiger partial charge in [0.25, 0.3) is 0 Å². The van der Waals surface area contributed by atoms with Crippen LogP contribution < -0.4 is 0 Å². The zero-order chi connectivity index (χ0) is 12.6. The van der Waals surface area contributed by atoms with Gasteiger partial charge >= 0.3 is 0 Å². The maximum atomic E-state index is 13.6. The van der Waals surface area contributed by atoms with Crippen molar-refractivity contribution in [1.29, 1.82) is 0 Å². The summed E-state index contributed by atoms with van der Waals surface area (Å²) in [5, 5.41) is 9.15. The van der Waals surface area contributed by atoms with E-state index < -0.39 is 11.6 Å². The smallest absolute Gasteiger partial charge is 0.135 e. The molecule has 0 atom stereocenters. The molecule has 0 saturated heterocycles. The van der Waals surface area contributed by atoms with E-state index in [2.05, 4.69) is 0 Å². The maximum absolute atomic E-state index is 13.6. The summed E-state index contributed by atoms with van der Waals surface area (Å²) in [6.07, 6.45) is 0. The lowest BCUT2D eigenvalue weighted by atomic mass is 10.1. The normalized spacial score (nSPS) is 10.9. The molecule has 0 aliphatic heterocycles. The largest absolute Gasteiger partial charge is 0.392 e. The van der Waals surface area contributed by atoms with Gasteiger partial charge in [0.15, 0.2) is 0 Å². The van der Waals surface area contributed by atoms with Crippen molar-refractivity contribution in [3.05, 3.63) is 47.2 Å². The van der Waals surface area contributed by atoms with Gasteiger partial charge in [-0.25, -0.2) is 8.78 Å². The van der Waals surface area contributed by atoms with Crippen molar-refractivity contribution in [3.8, 4) is 11.3 Å². The molecular weight excluding hydrogens is 224 g/mol. The predicted octanol–water partition coefficient (Wildman–Crippen LogP) is 2.77. The molecule has 17 heavy (non-hydrogen) atoms. The number of aliphatic hydroxyl groups is 1. The first-order valence-electron chi connectivity index (χ1n) is 5.26. The first kappa shape index (κ1) is 11.8. The molecule has 90 valence electrons. The highest BCUT2D eigenvalue weighted by Gasteiger charge is 2.13. The van der Waals surface area contributed by atoms with Crippen molar-refractivity contribution in [2.24, 2.45) is 7.05 Å². The Bertz CT molecular complexity index is 561. The van der Waals surface area contributed by atoms with Crippen molar-refractivity contribution in [3.63, 3.8) is 0 Å². The van der Waals surface area contributed by atoms with E-state index >= 15 is 0 Å². The van der Waals surface area contributed by atoms with E-state index in [9.17, 15) is 8.78 Å². The summed E-state index contributed by atoms with van der Waals surface area (Å²) in [5.74, 6) is -1.20. The maximum Gasteiger partial charge on any atom is 0.135 e. The Hall–Kier alpha value is -1.68. The monoisotopic (exact) mass is 237 g/mol. The molecule has 4 heteroatoms. The van der Waals surface area contributed by atoms with Crippen LogP contribution in [0.1, 0.15) is 11.3 Å². The minimum absolute atomic E-state index is 0.0948. The molecule has 0 spiro atoms. The number of hydrogen-bond acceptors (Lipinski definition) is 1. The third-order valence-electron chi connectivity index (χ3n) is 3.02. The van der Waals surface area contributed by atoms with Gasteiger partial charge in [-0.2, -0.15) is 0 Å². The van der Waals surface area contributed by atoms with E-state index in [4.69, 9.17) is 5.11 Å². The Balaban J connectivity index is 2.60. The van der Waals surface area contributed by atoms with Crippen molar-refractivity contribution in [1.82, 2.24) is 4.57 Å². The molecule has 0 aliphatic carbocycles. The Morgan fingerprint density at radius 3 is 2.47 bits per heavy atom. The average molecular weight is 237 g/mol. The van der Waals surface area contributed by atoms with E-state index in [0.717, 1.165) is 17.3 Å². The standard InChI is InChI=1S/C13H13F2NO/c1-8-9(7-17)5-13(16(8)2)11-4-3-10(14)6-12(11)15/h3-6,17H,7H2,1-2H3. The van der Waals surface area contributed by atoms with Crippen LogP contribution in [0.15, 0.2) is 24.3 Å². The van der Waals surface area contributed by atoms with Gasteiger partial charge in [-0.05, 0) is 30.7 Å². The molecule has 0 amide bonds. The van der Waals surface area contributed by atoms with Gasteiger partial charge in [-0.3, -0.25) is 0 Å². The summed E-state index contributed by atoms with van der Waals surface area (Å²) in [6, 6.07) is 5.20. The summed E-state index contributed by atoms with van der Waals surface area (Å²) in [5.41, 5.74) is 2.57. The van der Waals surface area contributed by atoms with Crippen LogP contribution in [0.3, 0.4) is 0 Å². The van der Waals surface area contributed by atoms with Gasteiger partial charge in [0.1, 0.15) is 11.6 Å². The highest BCUT2D eigenvalue weighted by Crippen LogP contribution is 2.27. The Kier molecular flexibility index (Phi) is 2.98. The van der Waals surface area contributed by atoms with Gasteiger partial charge in [0.2, 0.25) is 0 Å². The number of halogens is 2. The van der Waals surface area contributed by atoms with Gasteiger partial charge < -0.3 is 9.67 Å². The molecule has 2 nitrogen and oxygen atoms in total. The number of rotatable bonds is 2. The molecule has 0 radical (unpaired) electrons. The predicted molar refractivity (Wildman–Crippen MR) is 61.4 cm³/mol. The number of nitrogens with zero attached hydrogens (tertiary/aromatic N) is 1. The van der Waals surface area contributed by atoms with Crippen molar-refractivity contribution < 1.29 is 13.9 Å². The lowest BCUT2D eigenvalue weighted by Gasteiger charge is -2.06. The first-order valence-corrected chi connectivity index (χ1v) is 5.26. The Morgan fingerprint density at radius 2 is 1.94 bits per heavy atom. The fraction of sp³-hybridized carbons (Fsp3) is 0.231. The first-order chi connectivity index (χ1) is 8.04. The van der Waals surface area contributed by atoms with Gasteiger partial charge in [-0.15, -0.1) is 0 Å². The van der Waals surface area contributed by atoms with Crippen molar-refractivity contribution in [2.45, 2.75) is 13.5 Å². The highest BCUT2D eigenvalue weighted by molar-refractivity contribution is 5.63. The topological polar surface area (TPSA) is 25.2 Å². The minimum Gasteiger partial charge on any atom is -0.392 e. The van der Waals surface area contributed by atoms with Gasteiger partial charge in [0, 0.05) is 24.4 Å². The molecular formula is C13H13F2NO. The fourth-order valence-electron chi connectivity index (χ4n) is 1.88. The second-order valence-corrected chi connectivity index (χ2v) is 3.98. The summed E-state index contributed by atoms with van der Waals surface area (Å²) in [6.45, 7) is 1.75. The SMILES string of the molecule is Cc1c(CO)cc(-c2ccc(F)cc2F)n1C. The van der Waals surface area contributed by atoms with Crippen LogP contribution in [-0.4, -0.2) is 9.67 Å². The molecule has 0 saturated carbocycles. The molecule has 1 aromatic carbocycles. The van der Waals surface area contributed by atoms with Gasteiger partial charge in [0.05, 0.1) is 12.3 Å². The number of benzene rings is 1. The minimum atomic E-state index is -0.602. The molecule has 2 aromatic rings. The second kappa shape index (κ2) is 4.30. The van der Waals surface area contributed by atoms with Crippen LogP contribution in [0.4, 0.5) is 8.78 Å². The molecule has 0 unspecified atom stereocenters. The molecule has 2 rings (SSSR count). The highest BCUT2D eigenvalue weighted by atomic mass is 19.1. The van der Waals surface area contributed by atoms with E-state index in [1.54, 1.807) is 17.7 Å². The zero-order valence-corrected chi connectivity index (χ0v) is 9.67. The van der Waals surface area contributed by atoms with Crippen LogP contribution in [0.2, 0.25) is 0 Å². The Labute approximate surface area is 98.1 Å². The molecule has 0 bridgehead atoms. The van der Waals surface area contributed by atoms with Crippen LogP contribution in [0.25, 0.3) is 11.3 Å². The van der Waals surface area contributed by atoms with Crippen LogP contribution in [-0.2, 0) is 13.7 Å². The fourth-order valence-corrected chi connectivity index (χ4v) is 1.88. The summed E-state index contributed by atoms with van der Waals surface area (Å²) >= 11 is 0. The lowest BCUT2D eigenvalue weighted by molar-refractivity contribution is 0.281. The molecule has 1 heterocycles. The van der Waals surface area contributed by atoms with Crippen LogP contribution >= 0.6 is 0 Å². The van der Waals surface area contributed by atoms with Crippen molar-refractivity contribution in [2.75, 3.05) is 0 Å². The van der Waals surface area contributed by atoms with Crippen LogP contribution in [0, 0.1) is 18.6 Å². The van der Waals surface area contributed by atoms with E-state index in [-0.39, 0.29) is 6.61 Å². The second-order valence-electron chi connectivity index (χ2n) is 3.98. The zero-order valence-electron chi connectivity index (χ0n) is 9.67. The molecule has 0 fully saturated rings. The summed E-state index contributed by atoms with van der Waals surface area (Å²) in [4.78, 5) is 0. The molecule has 1 N–H and O–H groups in total. The van der Waals surface area contributed by atoms with Crippen molar-refractivity contribution >= 4 is 0 Å². The molecule has 0 aliphatic rings. The number of aliphatic hydroxyl groups excluding tert-OH is 1. The summed E-state index contributed by atoms with van der Waals surface area (Å²) < 4.78 is 28.3. The van der Waals surface area contributed by atoms with E-state index in [1.807, 2.05) is 6.92 Å². The number of hydrogen-bond donors (Lipinski definition) is 1. The lowest BCUT2D eigenvalue weighted by Crippen LogP contribution is -1.96. The third kappa shape index (κ3) is 1.96. The van der Waals surface area contributed by atoms with Gasteiger partial charge in [-0.1, -0.05) is 0 Å². The summed E-state index contributed by atoms with van der Waals surface area (Å²) in [7, 11) is 1.78. The third-order valence-corrected chi connectivity index (χ3v) is 3.02. The molecule has 1 aromatic heterocycles. The van der Waals surface area contributed by atoms with E-state index in [0.29, 0.717) is 11.3 Å². The Morgan fingerprint density at radius 1 is 1.24 bits per heavy atom.